The van der Waals surface area contributed by atoms with Crippen molar-refractivity contribution in [1.29, 1.82) is 0 Å². The Bertz CT molecular complexity index is 1140. The lowest BCUT2D eigenvalue weighted by molar-refractivity contribution is 0.0180. The smallest absolute Gasteiger partial charge is 0.0546 e. The molecule has 4 unspecified atom stereocenters. The zero-order valence-corrected chi connectivity index (χ0v) is 24.6. The van der Waals surface area contributed by atoms with Gasteiger partial charge in [-0.05, 0) is 122 Å². The summed E-state index contributed by atoms with van der Waals surface area (Å²) in [5.74, 6) is 3.17. The lowest BCUT2D eigenvalue weighted by atomic mass is 9.48. The Hall–Kier alpha value is -1.78. The maximum Gasteiger partial charge on any atom is 0.0546 e. The van der Waals surface area contributed by atoms with Crippen molar-refractivity contribution < 1.29 is 0 Å². The largest absolute Gasteiger partial charge is 0.296 e. The summed E-state index contributed by atoms with van der Waals surface area (Å²) in [6.45, 7) is 11.7. The van der Waals surface area contributed by atoms with Gasteiger partial charge in [0.2, 0.25) is 0 Å². The zero-order valence-electron chi connectivity index (χ0n) is 24.6. The molecular formula is C34H48N4. The van der Waals surface area contributed by atoms with Crippen molar-refractivity contribution in [1.82, 2.24) is 19.8 Å². The second-order valence-electron chi connectivity index (χ2n) is 15.0. The molecule has 4 heteroatoms. The number of hydrogen-bond donors (Lipinski definition) is 0. The Labute approximate surface area is 230 Å². The van der Waals surface area contributed by atoms with Crippen LogP contribution in [0, 0.1) is 22.7 Å². The molecule has 7 aliphatic carbocycles. The number of nitrogens with zero attached hydrogens (tertiary/aromatic N) is 4. The Morgan fingerprint density at radius 2 is 1.13 bits per heavy atom. The van der Waals surface area contributed by atoms with Crippen molar-refractivity contribution in [3.8, 4) is 0 Å². The molecule has 7 aliphatic rings. The van der Waals surface area contributed by atoms with Crippen molar-refractivity contribution in [2.45, 2.75) is 116 Å². The van der Waals surface area contributed by atoms with Crippen LogP contribution in [0.1, 0.15) is 112 Å². The Morgan fingerprint density at radius 1 is 0.711 bits per heavy atom. The van der Waals surface area contributed by atoms with Gasteiger partial charge in [-0.3, -0.25) is 19.8 Å². The summed E-state index contributed by atoms with van der Waals surface area (Å²) in [5, 5.41) is 0. The highest BCUT2D eigenvalue weighted by Gasteiger charge is 2.53. The van der Waals surface area contributed by atoms with Gasteiger partial charge in [0.1, 0.15) is 0 Å². The van der Waals surface area contributed by atoms with Crippen LogP contribution >= 0.6 is 0 Å². The number of aromatic nitrogens is 2. The zero-order chi connectivity index (χ0) is 26.4. The number of pyridine rings is 2. The SMILES string of the molecule is CN(Cc1cc2c(cn1)C1CC(C2)C1(C)C)[C@H]1CCCC[C@@H]1N(C)Cc1cc2c(cn1)C1CC(C2)C1(C)C. The third kappa shape index (κ3) is 3.84. The average Bonchev–Trinajstić information content (AvgIpc) is 2.91. The van der Waals surface area contributed by atoms with Crippen molar-refractivity contribution in [3.63, 3.8) is 0 Å². The van der Waals surface area contributed by atoms with Crippen LogP contribution in [0.3, 0.4) is 0 Å². The molecule has 3 fully saturated rings. The topological polar surface area (TPSA) is 32.3 Å². The van der Waals surface area contributed by atoms with Gasteiger partial charge in [-0.15, -0.1) is 0 Å². The fourth-order valence-electron chi connectivity index (χ4n) is 9.45. The predicted molar refractivity (Wildman–Crippen MR) is 154 cm³/mol. The molecule has 4 nitrogen and oxygen atoms in total. The van der Waals surface area contributed by atoms with Crippen LogP contribution in [-0.2, 0) is 25.9 Å². The van der Waals surface area contributed by atoms with E-state index in [-0.39, 0.29) is 0 Å². The van der Waals surface area contributed by atoms with E-state index in [9.17, 15) is 0 Å². The minimum Gasteiger partial charge on any atom is -0.296 e. The van der Waals surface area contributed by atoms with E-state index in [1.165, 1.54) is 73.9 Å². The maximum atomic E-state index is 5.00. The monoisotopic (exact) mass is 512 g/mol. The van der Waals surface area contributed by atoms with Gasteiger partial charge in [-0.25, -0.2) is 0 Å². The van der Waals surface area contributed by atoms with Crippen LogP contribution in [-0.4, -0.2) is 45.9 Å². The van der Waals surface area contributed by atoms with Crippen LogP contribution in [0.15, 0.2) is 24.5 Å². The first-order valence-corrected chi connectivity index (χ1v) is 15.5. The van der Waals surface area contributed by atoms with Crippen molar-refractivity contribution in [3.05, 3.63) is 58.2 Å². The van der Waals surface area contributed by atoms with E-state index in [0.717, 1.165) is 36.8 Å². The predicted octanol–water partition coefficient (Wildman–Crippen LogP) is 6.72. The highest BCUT2D eigenvalue weighted by atomic mass is 15.2. The summed E-state index contributed by atoms with van der Waals surface area (Å²) >= 11 is 0. The van der Waals surface area contributed by atoms with E-state index in [1.807, 2.05) is 0 Å². The molecule has 2 aromatic heterocycles. The molecular weight excluding hydrogens is 464 g/mol. The number of likely N-dealkylation sites (N-methyl/N-ethyl adjacent to an activating group) is 2. The van der Waals surface area contributed by atoms with Crippen LogP contribution in [0.25, 0.3) is 0 Å². The third-order valence-electron chi connectivity index (χ3n) is 12.4. The van der Waals surface area contributed by atoms with Crippen molar-refractivity contribution in [2.75, 3.05) is 14.1 Å². The van der Waals surface area contributed by atoms with Crippen LogP contribution in [0.5, 0.6) is 0 Å². The molecule has 2 heterocycles. The standard InChI is InChI=1S/C34H48N4/c1-33(2)23-11-21-13-25(35-17-27(21)29(33)15-23)19-37(5)31-9-7-8-10-32(31)38(6)20-26-14-22-12-24-16-30(34(24,3)4)28(22)18-36-26/h13-14,17-18,23-24,29-32H,7-12,15-16,19-20H2,1-6H3/t23?,24?,29?,30?,31-,32-/m0/s1. The first-order chi connectivity index (χ1) is 18.1. The van der Waals surface area contributed by atoms with Gasteiger partial charge >= 0.3 is 0 Å². The van der Waals surface area contributed by atoms with E-state index in [4.69, 9.17) is 9.97 Å². The molecule has 204 valence electrons. The van der Waals surface area contributed by atoms with Crippen LogP contribution in [0.2, 0.25) is 0 Å². The highest BCUT2D eigenvalue weighted by Crippen LogP contribution is 2.63. The minimum absolute atomic E-state index is 0.469. The van der Waals surface area contributed by atoms with E-state index < -0.39 is 0 Å². The summed E-state index contributed by atoms with van der Waals surface area (Å²) in [6, 6.07) is 6.05. The molecule has 0 saturated heterocycles. The molecule has 2 aromatic rings. The summed E-state index contributed by atoms with van der Waals surface area (Å²) in [7, 11) is 4.67. The molecule has 0 amide bonds. The second kappa shape index (κ2) is 8.86. The third-order valence-corrected chi connectivity index (χ3v) is 12.4. The number of hydrogen-bond acceptors (Lipinski definition) is 4. The molecule has 6 atom stereocenters. The van der Waals surface area contributed by atoms with Gasteiger partial charge in [0.15, 0.2) is 0 Å². The van der Waals surface area contributed by atoms with Gasteiger partial charge in [0.05, 0.1) is 11.4 Å². The molecule has 0 aromatic carbocycles. The Morgan fingerprint density at radius 3 is 1.53 bits per heavy atom. The first-order valence-electron chi connectivity index (χ1n) is 15.5. The minimum atomic E-state index is 0.469. The molecule has 0 N–H and O–H groups in total. The molecule has 0 radical (unpaired) electrons. The normalized spacial score (nSPS) is 33.8. The Balaban J connectivity index is 1.03. The summed E-state index contributed by atoms with van der Waals surface area (Å²) < 4.78 is 0. The molecule has 4 bridgehead atoms. The van der Waals surface area contributed by atoms with Crippen LogP contribution in [0.4, 0.5) is 0 Å². The lowest BCUT2D eigenvalue weighted by Crippen LogP contribution is -2.51. The van der Waals surface area contributed by atoms with Gasteiger partial charge < -0.3 is 0 Å². The summed E-state index contributed by atoms with van der Waals surface area (Å²) in [4.78, 5) is 15.2. The fourth-order valence-corrected chi connectivity index (χ4v) is 9.45. The Kier molecular flexibility index (Phi) is 5.88. The highest BCUT2D eigenvalue weighted by molar-refractivity contribution is 5.40. The lowest BCUT2D eigenvalue weighted by Gasteiger charge is -2.57. The quantitative estimate of drug-likeness (QED) is 0.430. The maximum absolute atomic E-state index is 5.00. The summed E-state index contributed by atoms with van der Waals surface area (Å²) in [5.41, 5.74) is 9.70. The second-order valence-corrected chi connectivity index (χ2v) is 15.0. The van der Waals surface area contributed by atoms with Gasteiger partial charge in [0, 0.05) is 37.6 Å². The van der Waals surface area contributed by atoms with Gasteiger partial charge in [-0.2, -0.15) is 0 Å². The average molecular weight is 513 g/mol. The van der Waals surface area contributed by atoms with Gasteiger partial charge in [-0.1, -0.05) is 40.5 Å². The molecule has 3 saturated carbocycles. The molecule has 0 aliphatic heterocycles. The van der Waals surface area contributed by atoms with Crippen molar-refractivity contribution >= 4 is 0 Å². The van der Waals surface area contributed by atoms with E-state index in [0.29, 0.717) is 22.9 Å². The molecule has 38 heavy (non-hydrogen) atoms. The number of rotatable bonds is 6. The van der Waals surface area contributed by atoms with Crippen LogP contribution < -0.4 is 0 Å². The van der Waals surface area contributed by atoms with Crippen molar-refractivity contribution in [2.24, 2.45) is 22.7 Å². The summed E-state index contributed by atoms with van der Waals surface area (Å²) in [6.07, 6.45) is 14.9. The molecule has 0 spiro atoms. The van der Waals surface area contributed by atoms with Gasteiger partial charge in [0.25, 0.3) is 0 Å². The van der Waals surface area contributed by atoms with E-state index in [2.05, 4.69) is 76.1 Å². The molecule has 9 rings (SSSR count). The fraction of sp³-hybridized carbons (Fsp3) is 0.706. The van der Waals surface area contributed by atoms with E-state index >= 15 is 0 Å². The first kappa shape index (κ1) is 25.2. The van der Waals surface area contributed by atoms with E-state index in [1.54, 1.807) is 11.1 Å².